The Morgan fingerprint density at radius 3 is 2.76 bits per heavy atom. The van der Waals surface area contributed by atoms with Crippen molar-refractivity contribution in [3.63, 3.8) is 0 Å². The van der Waals surface area contributed by atoms with Gasteiger partial charge in [0, 0.05) is 6.08 Å². The molecule has 6 heteroatoms. The van der Waals surface area contributed by atoms with E-state index in [9.17, 15) is 15.0 Å². The molecule has 0 spiro atoms. The SMILES string of the molecule is COc1ccc([C@H](O)[C@H](C)CC/C=C/C(=O)NO)cc1O. The van der Waals surface area contributed by atoms with Gasteiger partial charge in [-0.3, -0.25) is 10.0 Å². The normalized spacial score (nSPS) is 13.9. The van der Waals surface area contributed by atoms with E-state index in [0.717, 1.165) is 0 Å². The summed E-state index contributed by atoms with van der Waals surface area (Å²) in [7, 11) is 1.46. The highest BCUT2D eigenvalue weighted by atomic mass is 16.5. The summed E-state index contributed by atoms with van der Waals surface area (Å²) in [5.41, 5.74) is 2.11. The van der Waals surface area contributed by atoms with Crippen molar-refractivity contribution in [3.05, 3.63) is 35.9 Å². The van der Waals surface area contributed by atoms with Crippen LogP contribution >= 0.6 is 0 Å². The van der Waals surface area contributed by atoms with Gasteiger partial charge in [-0.1, -0.05) is 19.1 Å². The van der Waals surface area contributed by atoms with E-state index in [4.69, 9.17) is 9.94 Å². The number of nitrogens with one attached hydrogen (secondary N) is 1. The van der Waals surface area contributed by atoms with Crippen molar-refractivity contribution in [2.24, 2.45) is 5.92 Å². The number of allylic oxidation sites excluding steroid dienone is 1. The maximum absolute atomic E-state index is 10.8. The van der Waals surface area contributed by atoms with Gasteiger partial charge in [0.2, 0.25) is 0 Å². The number of aliphatic hydroxyl groups excluding tert-OH is 1. The molecule has 0 fully saturated rings. The number of phenolic OH excluding ortho intramolecular Hbond substituents is 1. The van der Waals surface area contributed by atoms with Gasteiger partial charge >= 0.3 is 0 Å². The van der Waals surface area contributed by atoms with Gasteiger partial charge in [0.1, 0.15) is 0 Å². The van der Waals surface area contributed by atoms with E-state index in [2.05, 4.69) is 0 Å². The third-order valence-corrected chi connectivity index (χ3v) is 3.25. The molecule has 0 saturated heterocycles. The molecule has 0 unspecified atom stereocenters. The van der Waals surface area contributed by atoms with Crippen LogP contribution in [0.25, 0.3) is 0 Å². The van der Waals surface area contributed by atoms with Gasteiger partial charge in [0.05, 0.1) is 13.2 Å². The van der Waals surface area contributed by atoms with E-state index in [-0.39, 0.29) is 11.7 Å². The minimum Gasteiger partial charge on any atom is -0.504 e. The summed E-state index contributed by atoms with van der Waals surface area (Å²) in [6.07, 6.45) is 3.39. The van der Waals surface area contributed by atoms with E-state index in [1.54, 1.807) is 18.2 Å². The molecule has 1 rings (SSSR count). The minimum atomic E-state index is -0.720. The first-order chi connectivity index (χ1) is 9.99. The van der Waals surface area contributed by atoms with Crippen LogP contribution in [0.5, 0.6) is 11.5 Å². The molecule has 0 aliphatic heterocycles. The van der Waals surface area contributed by atoms with Gasteiger partial charge < -0.3 is 14.9 Å². The number of carbonyl (C=O) groups is 1. The molecule has 0 radical (unpaired) electrons. The number of benzene rings is 1. The molecule has 0 aliphatic rings. The van der Waals surface area contributed by atoms with Crippen LogP contribution in [0.1, 0.15) is 31.4 Å². The molecule has 1 amide bonds. The van der Waals surface area contributed by atoms with Crippen LogP contribution in [-0.2, 0) is 4.79 Å². The van der Waals surface area contributed by atoms with Crippen molar-refractivity contribution in [1.82, 2.24) is 5.48 Å². The molecule has 1 aromatic carbocycles. The number of hydrogen-bond acceptors (Lipinski definition) is 5. The van der Waals surface area contributed by atoms with E-state index >= 15 is 0 Å². The predicted molar refractivity (Wildman–Crippen MR) is 77.1 cm³/mol. The maximum atomic E-state index is 10.8. The van der Waals surface area contributed by atoms with Gasteiger partial charge in [0.25, 0.3) is 5.91 Å². The Morgan fingerprint density at radius 2 is 2.19 bits per heavy atom. The molecule has 2 atom stereocenters. The van der Waals surface area contributed by atoms with Crippen LogP contribution in [0.4, 0.5) is 0 Å². The highest BCUT2D eigenvalue weighted by Crippen LogP contribution is 2.32. The number of carbonyl (C=O) groups excluding carboxylic acids is 1. The average Bonchev–Trinajstić information content (AvgIpc) is 2.50. The number of phenols is 1. The Kier molecular flexibility index (Phi) is 6.71. The lowest BCUT2D eigenvalue weighted by atomic mass is 9.93. The fourth-order valence-electron chi connectivity index (χ4n) is 1.96. The van der Waals surface area contributed by atoms with Crippen molar-refractivity contribution in [2.45, 2.75) is 25.9 Å². The molecule has 1 aromatic rings. The molecule has 0 heterocycles. The van der Waals surface area contributed by atoms with Crippen molar-refractivity contribution in [1.29, 1.82) is 0 Å². The highest BCUT2D eigenvalue weighted by molar-refractivity contribution is 5.86. The van der Waals surface area contributed by atoms with E-state index in [1.165, 1.54) is 24.7 Å². The lowest BCUT2D eigenvalue weighted by Gasteiger charge is -2.19. The zero-order chi connectivity index (χ0) is 15.8. The number of rotatable bonds is 7. The third-order valence-electron chi connectivity index (χ3n) is 3.25. The number of hydroxylamine groups is 1. The van der Waals surface area contributed by atoms with E-state index in [1.807, 2.05) is 6.92 Å². The van der Waals surface area contributed by atoms with Crippen LogP contribution in [0, 0.1) is 5.92 Å². The standard InChI is InChI=1S/C15H21NO5/c1-10(5-3-4-6-14(18)16-20)15(19)11-7-8-13(21-2)12(17)9-11/h4,6-10,15,17,19-20H,3,5H2,1-2H3,(H,16,18)/b6-4+/t10-,15-/m1/s1. The molecular weight excluding hydrogens is 274 g/mol. The first kappa shape index (κ1) is 17.0. The number of aromatic hydroxyl groups is 1. The zero-order valence-electron chi connectivity index (χ0n) is 12.1. The molecule has 0 saturated carbocycles. The van der Waals surface area contributed by atoms with Gasteiger partial charge in [-0.15, -0.1) is 0 Å². The second-order valence-electron chi connectivity index (χ2n) is 4.81. The minimum absolute atomic E-state index is 0.0132. The summed E-state index contributed by atoms with van der Waals surface area (Å²) in [5.74, 6) is -0.291. The quantitative estimate of drug-likeness (QED) is 0.350. The summed E-state index contributed by atoms with van der Waals surface area (Å²) in [4.78, 5) is 10.8. The van der Waals surface area contributed by atoms with Crippen molar-refractivity contribution in [2.75, 3.05) is 7.11 Å². The summed E-state index contributed by atoms with van der Waals surface area (Å²) in [6, 6.07) is 4.79. The highest BCUT2D eigenvalue weighted by Gasteiger charge is 2.17. The fraction of sp³-hybridized carbons (Fsp3) is 0.400. The molecule has 21 heavy (non-hydrogen) atoms. The summed E-state index contributed by atoms with van der Waals surface area (Å²) >= 11 is 0. The first-order valence-corrected chi connectivity index (χ1v) is 6.65. The largest absolute Gasteiger partial charge is 0.504 e. The second-order valence-corrected chi connectivity index (χ2v) is 4.81. The number of aliphatic hydroxyl groups is 1. The van der Waals surface area contributed by atoms with Gasteiger partial charge in [-0.05, 0) is 36.5 Å². The van der Waals surface area contributed by atoms with Crippen LogP contribution in [0.2, 0.25) is 0 Å². The van der Waals surface area contributed by atoms with Crippen molar-refractivity contribution < 1.29 is 25.0 Å². The Balaban J connectivity index is 2.57. The molecule has 116 valence electrons. The molecule has 0 aromatic heterocycles. The number of ether oxygens (including phenoxy) is 1. The number of methoxy groups -OCH3 is 1. The lowest BCUT2D eigenvalue weighted by Crippen LogP contribution is -2.15. The van der Waals surface area contributed by atoms with Crippen molar-refractivity contribution >= 4 is 5.91 Å². The van der Waals surface area contributed by atoms with Crippen molar-refractivity contribution in [3.8, 4) is 11.5 Å². The fourth-order valence-corrected chi connectivity index (χ4v) is 1.96. The first-order valence-electron chi connectivity index (χ1n) is 6.65. The van der Waals surface area contributed by atoms with Crippen LogP contribution in [-0.4, -0.2) is 28.4 Å². The van der Waals surface area contributed by atoms with Gasteiger partial charge in [0.15, 0.2) is 11.5 Å². The Hall–Kier alpha value is -2.05. The molecule has 4 N–H and O–H groups in total. The molecule has 0 bridgehead atoms. The number of hydrogen-bond donors (Lipinski definition) is 4. The number of amides is 1. The third kappa shape index (κ3) is 5.09. The van der Waals surface area contributed by atoms with Crippen LogP contribution < -0.4 is 10.2 Å². The van der Waals surface area contributed by atoms with Gasteiger partial charge in [-0.25, -0.2) is 5.48 Å². The van der Waals surface area contributed by atoms with E-state index < -0.39 is 12.0 Å². The summed E-state index contributed by atoms with van der Waals surface area (Å²) in [6.45, 7) is 1.88. The van der Waals surface area contributed by atoms with Gasteiger partial charge in [-0.2, -0.15) is 0 Å². The van der Waals surface area contributed by atoms with Crippen LogP contribution in [0.3, 0.4) is 0 Å². The monoisotopic (exact) mass is 295 g/mol. The molecule has 0 aliphatic carbocycles. The Bertz CT molecular complexity index is 501. The second kappa shape index (κ2) is 8.28. The zero-order valence-corrected chi connectivity index (χ0v) is 12.1. The predicted octanol–water partition coefficient (Wildman–Crippen LogP) is 1.91. The summed E-state index contributed by atoms with van der Waals surface area (Å²) < 4.78 is 4.95. The van der Waals surface area contributed by atoms with E-state index in [0.29, 0.717) is 24.2 Å². The smallest absolute Gasteiger partial charge is 0.267 e. The average molecular weight is 295 g/mol. The van der Waals surface area contributed by atoms with Crippen LogP contribution in [0.15, 0.2) is 30.4 Å². The maximum Gasteiger partial charge on any atom is 0.267 e. The molecular formula is C15H21NO5. The Morgan fingerprint density at radius 1 is 1.48 bits per heavy atom. The topological polar surface area (TPSA) is 99.0 Å². The summed E-state index contributed by atoms with van der Waals surface area (Å²) in [5, 5.41) is 28.3. The Labute approximate surface area is 123 Å². The lowest BCUT2D eigenvalue weighted by molar-refractivity contribution is -0.124. The molecule has 6 nitrogen and oxygen atoms in total.